The third-order valence-corrected chi connectivity index (χ3v) is 8.07. The maximum absolute atomic E-state index is 14.5. The van der Waals surface area contributed by atoms with Gasteiger partial charge in [0.25, 0.3) is 23.4 Å². The van der Waals surface area contributed by atoms with E-state index in [9.17, 15) is 32.8 Å². The molecule has 1 saturated carbocycles. The lowest BCUT2D eigenvalue weighted by molar-refractivity contribution is -0.150. The van der Waals surface area contributed by atoms with Crippen molar-refractivity contribution in [1.29, 1.82) is 0 Å². The zero-order valence-corrected chi connectivity index (χ0v) is 23.3. The van der Waals surface area contributed by atoms with Crippen molar-refractivity contribution in [2.45, 2.75) is 90.1 Å². The molecule has 13 heteroatoms. The lowest BCUT2D eigenvalue weighted by Crippen LogP contribution is -2.61. The second-order valence-electron chi connectivity index (χ2n) is 12.1. The lowest BCUT2D eigenvalue weighted by atomic mass is 9.80. The average Bonchev–Trinajstić information content (AvgIpc) is 3.33. The van der Waals surface area contributed by atoms with E-state index in [0.717, 1.165) is 0 Å². The van der Waals surface area contributed by atoms with Crippen molar-refractivity contribution >= 4 is 41.1 Å². The Morgan fingerprint density at radius 1 is 1.26 bits per heavy atom. The first kappa shape index (κ1) is 30.0. The summed E-state index contributed by atoms with van der Waals surface area (Å²) in [6.07, 6.45) is 1.27. The molecule has 0 spiro atoms. The van der Waals surface area contributed by atoms with Gasteiger partial charge in [0, 0.05) is 13.1 Å². The molecular formula is C25H38ClF2N5O5. The van der Waals surface area contributed by atoms with Crippen molar-refractivity contribution in [3.8, 4) is 0 Å². The van der Waals surface area contributed by atoms with Crippen molar-refractivity contribution in [2.75, 3.05) is 19.6 Å². The molecule has 5 amide bonds. The molecule has 3 rings (SSSR count). The molecule has 0 aromatic rings. The van der Waals surface area contributed by atoms with Crippen LogP contribution in [0.1, 0.15) is 66.7 Å². The van der Waals surface area contributed by atoms with Gasteiger partial charge >= 0.3 is 0 Å². The summed E-state index contributed by atoms with van der Waals surface area (Å²) in [6, 6.07) is -2.17. The Morgan fingerprint density at radius 3 is 2.39 bits per heavy atom. The number of nitrogens with zero attached hydrogens (tertiary/aromatic N) is 2. The zero-order chi connectivity index (χ0) is 28.6. The van der Waals surface area contributed by atoms with Gasteiger partial charge < -0.3 is 15.5 Å². The van der Waals surface area contributed by atoms with Crippen molar-refractivity contribution in [1.82, 2.24) is 26.0 Å². The zero-order valence-electron chi connectivity index (χ0n) is 22.5. The van der Waals surface area contributed by atoms with Crippen LogP contribution >= 0.6 is 11.6 Å². The van der Waals surface area contributed by atoms with Crippen molar-refractivity contribution in [3.63, 3.8) is 0 Å². The van der Waals surface area contributed by atoms with Crippen LogP contribution in [-0.2, 0) is 24.0 Å². The van der Waals surface area contributed by atoms with E-state index in [-0.39, 0.29) is 38.3 Å². The highest BCUT2D eigenvalue weighted by Gasteiger charge is 2.54. The van der Waals surface area contributed by atoms with E-state index in [1.807, 2.05) is 20.8 Å². The fourth-order valence-corrected chi connectivity index (χ4v) is 4.97. The quantitative estimate of drug-likeness (QED) is 0.291. The van der Waals surface area contributed by atoms with Crippen molar-refractivity contribution in [3.05, 3.63) is 0 Å². The van der Waals surface area contributed by atoms with E-state index >= 15 is 0 Å². The number of halogens is 3. The number of rotatable bonds is 9. The van der Waals surface area contributed by atoms with Crippen LogP contribution in [0.3, 0.4) is 0 Å². The summed E-state index contributed by atoms with van der Waals surface area (Å²) in [4.78, 5) is 65.7. The topological polar surface area (TPSA) is 128 Å². The summed E-state index contributed by atoms with van der Waals surface area (Å²) < 4.78 is 28.2. The number of alkyl halides is 3. The van der Waals surface area contributed by atoms with Gasteiger partial charge in [0.2, 0.25) is 11.8 Å². The SMILES string of the molecule is CCC(C)(C)C(NC(=O)C1(F)CC1)C(=O)N1CC(C)(C)C[C@H]1C(=O)NN(C[C@@H]1CCNC1=O)C(=O)C(F)Cl. The number of amides is 5. The highest BCUT2D eigenvalue weighted by molar-refractivity contribution is 6.29. The molecule has 1 aliphatic carbocycles. The van der Waals surface area contributed by atoms with Gasteiger partial charge in [0.15, 0.2) is 5.67 Å². The van der Waals surface area contributed by atoms with Crippen LogP contribution in [0.15, 0.2) is 0 Å². The normalized spacial score (nSPS) is 25.3. The number of likely N-dealkylation sites (tertiary alicyclic amines) is 1. The van der Waals surface area contributed by atoms with Gasteiger partial charge in [0.05, 0.1) is 12.5 Å². The average molecular weight is 562 g/mol. The summed E-state index contributed by atoms with van der Waals surface area (Å²) in [5.41, 5.74) is -3.32. The van der Waals surface area contributed by atoms with Crippen LogP contribution in [0.2, 0.25) is 0 Å². The van der Waals surface area contributed by atoms with E-state index in [2.05, 4.69) is 16.1 Å². The van der Waals surface area contributed by atoms with Gasteiger partial charge in [-0.15, -0.1) is 0 Å². The molecule has 3 aliphatic rings. The number of carbonyl (C=O) groups is 5. The van der Waals surface area contributed by atoms with Gasteiger partial charge in [-0.05, 0) is 42.9 Å². The third-order valence-electron chi connectivity index (χ3n) is 7.88. The van der Waals surface area contributed by atoms with Gasteiger partial charge in [-0.25, -0.2) is 13.8 Å². The third kappa shape index (κ3) is 6.55. The largest absolute Gasteiger partial charge is 0.356 e. The summed E-state index contributed by atoms with van der Waals surface area (Å²) >= 11 is 5.37. The molecule has 38 heavy (non-hydrogen) atoms. The number of nitrogens with one attached hydrogen (secondary N) is 3. The van der Waals surface area contributed by atoms with Gasteiger partial charge in [-0.1, -0.05) is 46.2 Å². The Labute approximate surface area is 226 Å². The Morgan fingerprint density at radius 2 is 1.89 bits per heavy atom. The predicted molar refractivity (Wildman–Crippen MR) is 135 cm³/mol. The van der Waals surface area contributed by atoms with E-state index in [0.29, 0.717) is 24.4 Å². The Balaban J connectivity index is 1.84. The maximum Gasteiger partial charge on any atom is 0.291 e. The summed E-state index contributed by atoms with van der Waals surface area (Å²) in [6.45, 7) is 9.39. The van der Waals surface area contributed by atoms with Crippen LogP contribution in [0, 0.1) is 16.7 Å². The van der Waals surface area contributed by atoms with Crippen LogP contribution in [0.25, 0.3) is 0 Å². The molecule has 2 unspecified atom stereocenters. The van der Waals surface area contributed by atoms with E-state index < -0.39 is 63.8 Å². The first-order valence-electron chi connectivity index (χ1n) is 13.0. The Hall–Kier alpha value is -2.50. The highest BCUT2D eigenvalue weighted by atomic mass is 35.5. The van der Waals surface area contributed by atoms with E-state index in [1.165, 1.54) is 4.90 Å². The molecular weight excluding hydrogens is 524 g/mol. The first-order valence-corrected chi connectivity index (χ1v) is 13.4. The fourth-order valence-electron chi connectivity index (χ4n) is 4.85. The van der Waals surface area contributed by atoms with Crippen LogP contribution in [0.5, 0.6) is 0 Å². The molecule has 2 heterocycles. The van der Waals surface area contributed by atoms with E-state index in [4.69, 9.17) is 11.6 Å². The summed E-state index contributed by atoms with van der Waals surface area (Å²) in [5, 5.41) is 5.90. The number of hydrogen-bond acceptors (Lipinski definition) is 5. The van der Waals surface area contributed by atoms with Gasteiger partial charge in [0.1, 0.15) is 12.1 Å². The van der Waals surface area contributed by atoms with Crippen molar-refractivity contribution in [2.24, 2.45) is 16.7 Å². The van der Waals surface area contributed by atoms with E-state index in [1.54, 1.807) is 13.8 Å². The number of hydrogen-bond donors (Lipinski definition) is 3. The van der Waals surface area contributed by atoms with Crippen LogP contribution in [-0.4, -0.2) is 82.5 Å². The highest BCUT2D eigenvalue weighted by Crippen LogP contribution is 2.41. The molecule has 3 fully saturated rings. The molecule has 0 aromatic heterocycles. The minimum absolute atomic E-state index is 0.0904. The minimum atomic E-state index is -2.45. The molecule has 10 nitrogen and oxygen atoms in total. The molecule has 4 atom stereocenters. The number of hydrazine groups is 1. The fraction of sp³-hybridized carbons (Fsp3) is 0.800. The molecule has 0 aromatic carbocycles. The summed E-state index contributed by atoms with van der Waals surface area (Å²) in [5.74, 6) is -4.37. The van der Waals surface area contributed by atoms with Gasteiger partial charge in [-0.3, -0.25) is 29.4 Å². The van der Waals surface area contributed by atoms with Crippen molar-refractivity contribution < 1.29 is 32.8 Å². The minimum Gasteiger partial charge on any atom is -0.356 e. The second kappa shape index (κ2) is 10.9. The Kier molecular flexibility index (Phi) is 8.65. The molecule has 2 saturated heterocycles. The van der Waals surface area contributed by atoms with Crippen LogP contribution < -0.4 is 16.1 Å². The first-order chi connectivity index (χ1) is 17.5. The Bertz CT molecular complexity index is 987. The molecule has 0 bridgehead atoms. The lowest BCUT2D eigenvalue weighted by Gasteiger charge is -2.38. The van der Waals surface area contributed by atoms with Gasteiger partial charge in [-0.2, -0.15) is 0 Å². The smallest absolute Gasteiger partial charge is 0.291 e. The monoisotopic (exact) mass is 561 g/mol. The molecule has 2 aliphatic heterocycles. The van der Waals surface area contributed by atoms with Crippen LogP contribution in [0.4, 0.5) is 8.78 Å². The molecule has 0 radical (unpaired) electrons. The maximum atomic E-state index is 14.5. The summed E-state index contributed by atoms with van der Waals surface area (Å²) in [7, 11) is 0. The molecule has 3 N–H and O–H groups in total. The second-order valence-corrected chi connectivity index (χ2v) is 12.4. The predicted octanol–water partition coefficient (Wildman–Crippen LogP) is 1.57. The standard InChI is InChI=1S/C25H38ClF2N5O5/c1-6-24(4,5)16(30-22(38)25(28)8-9-25)20(36)32-13-23(2,3)11-15(32)19(35)31-33(21(37)17(26)27)12-14-7-10-29-18(14)34/h14-17H,6-13H2,1-5H3,(H,29,34)(H,30,38)(H,31,35)/t14-,15-,16?,17?/m0/s1. The molecule has 214 valence electrons. The number of carbonyl (C=O) groups excluding carboxylic acids is 5.